The molecule has 0 aliphatic rings. The first-order valence-corrected chi connectivity index (χ1v) is 16.1. The van der Waals surface area contributed by atoms with Gasteiger partial charge in [0.1, 0.15) is 0 Å². The summed E-state index contributed by atoms with van der Waals surface area (Å²) in [4.78, 5) is 39.8. The Morgan fingerprint density at radius 2 is 0.622 bits per heavy atom. The SMILES string of the molecule is CSCC[C@H](N)C(=O)[O-].CSCC[C@H](N)C(=O)[O-].CSCC[C@H](N)C(=O)[O-].CSCC[C@H](N)C(=O)[O-].[Ge+4]. The van der Waals surface area contributed by atoms with Crippen molar-refractivity contribution in [1.82, 2.24) is 0 Å². The van der Waals surface area contributed by atoms with E-state index < -0.39 is 48.0 Å². The van der Waals surface area contributed by atoms with E-state index in [-0.39, 0.29) is 17.6 Å². The molecule has 0 saturated heterocycles. The minimum Gasteiger partial charge on any atom is -0.548 e. The van der Waals surface area contributed by atoms with Gasteiger partial charge in [-0.25, -0.2) is 0 Å². The molecule has 0 heterocycles. The number of rotatable bonds is 16. The fourth-order valence-electron chi connectivity index (χ4n) is 1.45. The largest absolute Gasteiger partial charge is 4.00 e. The zero-order valence-electron chi connectivity index (χ0n) is 21.7. The Morgan fingerprint density at radius 1 is 0.486 bits per heavy atom. The Morgan fingerprint density at radius 3 is 0.703 bits per heavy atom. The van der Waals surface area contributed by atoms with Crippen molar-refractivity contribution in [2.24, 2.45) is 22.9 Å². The standard InChI is InChI=1S/4C5H11NO2S.Ge/c4*1-9-3-2-4(6)5(7)8;/h4*4H,2-3,6H2,1H3,(H,7,8);/q;;;;+4/p-4/t4*4-;/m0000./s1. The maximum absolute atomic E-state index is 9.96. The molecule has 0 aliphatic heterocycles. The Balaban J connectivity index is -0.000000122. The van der Waals surface area contributed by atoms with Crippen LogP contribution in [-0.2, 0) is 19.2 Å². The van der Waals surface area contributed by atoms with E-state index in [0.29, 0.717) is 25.7 Å². The molecule has 8 N–H and O–H groups in total. The molecule has 0 aromatic carbocycles. The number of carbonyl (C=O) groups excluding carboxylic acids is 4. The Labute approximate surface area is 247 Å². The second-order valence-electron chi connectivity index (χ2n) is 6.83. The minimum absolute atomic E-state index is 0. The van der Waals surface area contributed by atoms with Crippen molar-refractivity contribution < 1.29 is 39.6 Å². The Bertz CT molecular complexity index is 490. The van der Waals surface area contributed by atoms with Crippen molar-refractivity contribution in [2.75, 3.05) is 48.0 Å². The number of carboxylic acids is 4. The van der Waals surface area contributed by atoms with Crippen LogP contribution in [0.4, 0.5) is 0 Å². The zero-order chi connectivity index (χ0) is 29.1. The number of aliphatic carboxylic acids is 4. The maximum atomic E-state index is 9.96. The monoisotopic (exact) mass is 666 g/mol. The normalized spacial score (nSPS) is 12.8. The van der Waals surface area contributed by atoms with Gasteiger partial charge in [0.15, 0.2) is 0 Å². The molecule has 0 bridgehead atoms. The van der Waals surface area contributed by atoms with Crippen molar-refractivity contribution in [3.05, 3.63) is 0 Å². The molecule has 0 radical (unpaired) electrons. The van der Waals surface area contributed by atoms with Crippen LogP contribution < -0.4 is 43.4 Å². The second-order valence-corrected chi connectivity index (χ2v) is 10.8. The van der Waals surface area contributed by atoms with E-state index in [4.69, 9.17) is 22.9 Å². The smallest absolute Gasteiger partial charge is 0.548 e. The molecule has 37 heavy (non-hydrogen) atoms. The van der Waals surface area contributed by atoms with Gasteiger partial charge in [-0.1, -0.05) is 0 Å². The summed E-state index contributed by atoms with van der Waals surface area (Å²) in [6.07, 6.45) is 9.58. The van der Waals surface area contributed by atoms with Crippen LogP contribution in [0, 0.1) is 0 Å². The van der Waals surface area contributed by atoms with E-state index in [1.165, 1.54) is 0 Å². The molecule has 216 valence electrons. The molecule has 0 fully saturated rings. The molecule has 4 atom stereocenters. The first-order chi connectivity index (χ1) is 16.7. The van der Waals surface area contributed by atoms with Gasteiger partial charge in [0.05, 0.1) is 23.9 Å². The number of hydrogen-bond donors (Lipinski definition) is 4. The van der Waals surface area contributed by atoms with E-state index in [0.717, 1.165) is 23.0 Å². The molecule has 0 spiro atoms. The van der Waals surface area contributed by atoms with Crippen LogP contribution in [0.25, 0.3) is 0 Å². The van der Waals surface area contributed by atoms with Gasteiger partial charge < -0.3 is 62.5 Å². The average molecular weight is 665 g/mol. The van der Waals surface area contributed by atoms with Crippen molar-refractivity contribution in [3.8, 4) is 0 Å². The third-order valence-electron chi connectivity index (χ3n) is 3.74. The molecule has 0 amide bonds. The second kappa shape index (κ2) is 33.7. The van der Waals surface area contributed by atoms with Crippen LogP contribution in [0.1, 0.15) is 25.7 Å². The van der Waals surface area contributed by atoms with Crippen LogP contribution in [0.3, 0.4) is 0 Å². The summed E-state index contributed by atoms with van der Waals surface area (Å²) < 4.78 is 0. The molecule has 0 unspecified atom stereocenters. The topological polar surface area (TPSA) is 265 Å². The number of thioether (sulfide) groups is 4. The van der Waals surface area contributed by atoms with Gasteiger partial charge in [0.25, 0.3) is 0 Å². The molecule has 0 rings (SSSR count). The third-order valence-corrected chi connectivity index (χ3v) is 6.32. The number of carboxylic acid groups (broad SMARTS) is 4. The molecule has 0 aliphatic carbocycles. The molecular formula is C20H40GeN4O8S4. The third kappa shape index (κ3) is 40.3. The van der Waals surface area contributed by atoms with Crippen LogP contribution >= 0.6 is 47.0 Å². The number of hydrogen-bond acceptors (Lipinski definition) is 16. The summed E-state index contributed by atoms with van der Waals surface area (Å²) in [6.45, 7) is 0. The van der Waals surface area contributed by atoms with Gasteiger partial charge in [0.2, 0.25) is 0 Å². The van der Waals surface area contributed by atoms with E-state index in [1.807, 2.05) is 25.0 Å². The van der Waals surface area contributed by atoms with Crippen molar-refractivity contribution in [2.45, 2.75) is 49.9 Å². The van der Waals surface area contributed by atoms with Gasteiger partial charge in [-0.3, -0.25) is 0 Å². The fourth-order valence-corrected chi connectivity index (χ4v) is 3.41. The van der Waals surface area contributed by atoms with Gasteiger partial charge in [-0.05, 0) is 73.7 Å². The van der Waals surface area contributed by atoms with Gasteiger partial charge >= 0.3 is 17.6 Å². The van der Waals surface area contributed by atoms with Gasteiger partial charge in [-0.15, -0.1) is 0 Å². The summed E-state index contributed by atoms with van der Waals surface area (Å²) in [5.74, 6) is -1.56. The molecule has 0 aromatic rings. The van der Waals surface area contributed by atoms with E-state index in [1.54, 1.807) is 47.0 Å². The van der Waals surface area contributed by atoms with E-state index in [2.05, 4.69) is 0 Å². The van der Waals surface area contributed by atoms with Crippen molar-refractivity contribution in [3.63, 3.8) is 0 Å². The predicted octanol–water partition coefficient (Wildman–Crippen LogP) is -5.11. The first-order valence-electron chi connectivity index (χ1n) is 10.5. The average Bonchev–Trinajstić information content (AvgIpc) is 2.83. The number of carbonyl (C=O) groups is 4. The maximum Gasteiger partial charge on any atom is 4.00 e. The summed E-state index contributed by atoms with van der Waals surface area (Å²) >= 11 is 6.30. The summed E-state index contributed by atoms with van der Waals surface area (Å²) in [5.41, 5.74) is 20.5. The zero-order valence-corrected chi connectivity index (χ0v) is 27.0. The van der Waals surface area contributed by atoms with E-state index in [9.17, 15) is 39.6 Å². The minimum atomic E-state index is -1.16. The van der Waals surface area contributed by atoms with E-state index >= 15 is 0 Å². The molecule has 0 saturated carbocycles. The van der Waals surface area contributed by atoms with Crippen LogP contribution in [0.2, 0.25) is 0 Å². The van der Waals surface area contributed by atoms with Gasteiger partial charge in [0, 0.05) is 24.2 Å². The fraction of sp³-hybridized carbons (Fsp3) is 0.800. The van der Waals surface area contributed by atoms with Gasteiger partial charge in [-0.2, -0.15) is 47.0 Å². The summed E-state index contributed by atoms with van der Waals surface area (Å²) in [7, 11) is 0. The summed E-state index contributed by atoms with van der Waals surface area (Å²) in [6, 6.07) is -3.18. The number of nitrogens with two attached hydrogens (primary N) is 4. The predicted molar refractivity (Wildman–Crippen MR) is 150 cm³/mol. The molecular weight excluding hydrogens is 625 g/mol. The van der Waals surface area contributed by atoms with Crippen LogP contribution in [0.15, 0.2) is 0 Å². The molecule has 12 nitrogen and oxygen atoms in total. The van der Waals surface area contributed by atoms with Crippen LogP contribution in [0.5, 0.6) is 0 Å². The van der Waals surface area contributed by atoms with Crippen LogP contribution in [-0.4, -0.2) is 114 Å². The van der Waals surface area contributed by atoms with Crippen molar-refractivity contribution in [1.29, 1.82) is 0 Å². The quantitative estimate of drug-likeness (QED) is 0.112. The summed E-state index contributed by atoms with van der Waals surface area (Å²) in [5, 5.41) is 39.8. The molecule has 0 aromatic heterocycles. The molecule has 17 heteroatoms. The Hall–Kier alpha value is -0.337. The van der Waals surface area contributed by atoms with Crippen molar-refractivity contribution >= 4 is 88.5 Å². The first kappa shape index (κ1) is 46.5. The Kier molecular flexibility index (Phi) is 42.4.